The van der Waals surface area contributed by atoms with Gasteiger partial charge < -0.3 is 15.0 Å². The minimum Gasteiger partial charge on any atom is -0.497 e. The normalized spacial score (nSPS) is 12.2. The molecular formula is C21H24N2O2S2. The number of rotatable bonds is 7. The van der Waals surface area contributed by atoms with Crippen LogP contribution in [0.25, 0.3) is 11.1 Å². The zero-order chi connectivity index (χ0) is 19.4. The topological polar surface area (TPSA) is 41.6 Å². The maximum atomic E-state index is 12.7. The van der Waals surface area contributed by atoms with Crippen LogP contribution in [0.5, 0.6) is 5.75 Å². The second-order valence-electron chi connectivity index (χ2n) is 6.51. The molecule has 1 atom stereocenters. The molecule has 2 heterocycles. The first kappa shape index (κ1) is 19.6. The number of nitrogens with one attached hydrogen (secondary N) is 1. The zero-order valence-electron chi connectivity index (χ0n) is 16.0. The van der Waals surface area contributed by atoms with Crippen molar-refractivity contribution in [3.8, 4) is 16.9 Å². The van der Waals surface area contributed by atoms with Crippen LogP contribution in [0.4, 0.5) is 0 Å². The fraction of sp³-hybridized carbons (Fsp3) is 0.286. The highest BCUT2D eigenvalue weighted by Gasteiger charge is 2.18. The lowest BCUT2D eigenvalue weighted by Crippen LogP contribution is -2.33. The average Bonchev–Trinajstić information content (AvgIpc) is 3.31. The first-order valence-electron chi connectivity index (χ1n) is 8.72. The summed E-state index contributed by atoms with van der Waals surface area (Å²) in [6.45, 7) is 2.64. The lowest BCUT2D eigenvalue weighted by molar-refractivity contribution is 0.0946. The number of nitrogens with zero attached hydrogens (tertiary/aromatic N) is 1. The van der Waals surface area contributed by atoms with Crippen molar-refractivity contribution in [3.05, 3.63) is 62.5 Å². The molecule has 0 aliphatic heterocycles. The summed E-state index contributed by atoms with van der Waals surface area (Å²) in [5, 5.41) is 5.16. The minimum atomic E-state index is -0.0220. The Labute approximate surface area is 168 Å². The number of amides is 1. The van der Waals surface area contributed by atoms with Gasteiger partial charge in [-0.25, -0.2) is 0 Å². The Morgan fingerprint density at radius 2 is 1.96 bits per heavy atom. The van der Waals surface area contributed by atoms with Crippen molar-refractivity contribution in [2.75, 3.05) is 27.7 Å². The summed E-state index contributed by atoms with van der Waals surface area (Å²) in [5.41, 5.74) is 2.18. The van der Waals surface area contributed by atoms with Crippen molar-refractivity contribution in [1.82, 2.24) is 10.2 Å². The zero-order valence-corrected chi connectivity index (χ0v) is 17.6. The van der Waals surface area contributed by atoms with Crippen LogP contribution in [0, 0.1) is 6.92 Å². The van der Waals surface area contributed by atoms with Crippen molar-refractivity contribution in [2.24, 2.45) is 0 Å². The number of benzene rings is 1. The molecule has 0 aliphatic carbocycles. The Morgan fingerprint density at radius 1 is 1.22 bits per heavy atom. The highest BCUT2D eigenvalue weighted by atomic mass is 32.1. The maximum Gasteiger partial charge on any atom is 0.261 e. The van der Waals surface area contributed by atoms with Crippen LogP contribution < -0.4 is 10.1 Å². The van der Waals surface area contributed by atoms with E-state index in [2.05, 4.69) is 28.6 Å². The second-order valence-corrected chi connectivity index (χ2v) is 8.75. The molecule has 0 bridgehead atoms. The number of likely N-dealkylation sites (N-methyl/N-ethyl adjacent to an activating group) is 1. The summed E-state index contributed by atoms with van der Waals surface area (Å²) in [6.07, 6.45) is 0. The van der Waals surface area contributed by atoms with Gasteiger partial charge in [0.25, 0.3) is 5.91 Å². The highest BCUT2D eigenvalue weighted by molar-refractivity contribution is 7.14. The Bertz CT molecular complexity index is 884. The van der Waals surface area contributed by atoms with Gasteiger partial charge in [0, 0.05) is 16.3 Å². The monoisotopic (exact) mass is 400 g/mol. The van der Waals surface area contributed by atoms with Crippen molar-refractivity contribution < 1.29 is 9.53 Å². The fourth-order valence-corrected chi connectivity index (χ4v) is 4.83. The highest BCUT2D eigenvalue weighted by Crippen LogP contribution is 2.32. The number of methoxy groups -OCH3 is 1. The van der Waals surface area contributed by atoms with Gasteiger partial charge in [0.2, 0.25) is 0 Å². The number of carbonyl (C=O) groups excluding carboxylic acids is 1. The Balaban J connectivity index is 1.72. The van der Waals surface area contributed by atoms with E-state index < -0.39 is 0 Å². The predicted octanol–water partition coefficient (Wildman–Crippen LogP) is 4.83. The number of thiophene rings is 2. The van der Waals surface area contributed by atoms with Gasteiger partial charge in [-0.2, -0.15) is 0 Å². The molecule has 1 N–H and O–H groups in total. The Hall–Kier alpha value is -2.15. The molecule has 0 fully saturated rings. The average molecular weight is 401 g/mol. The number of ether oxygens (including phenoxy) is 1. The summed E-state index contributed by atoms with van der Waals surface area (Å²) >= 11 is 3.24. The summed E-state index contributed by atoms with van der Waals surface area (Å²) < 4.78 is 5.22. The van der Waals surface area contributed by atoms with E-state index >= 15 is 0 Å². The molecule has 4 nitrogen and oxygen atoms in total. The summed E-state index contributed by atoms with van der Waals surface area (Å²) in [6, 6.07) is 14.2. The molecule has 1 amide bonds. The summed E-state index contributed by atoms with van der Waals surface area (Å²) in [4.78, 5) is 18.0. The van der Waals surface area contributed by atoms with E-state index in [0.29, 0.717) is 6.54 Å². The van der Waals surface area contributed by atoms with Gasteiger partial charge in [0.15, 0.2) is 0 Å². The largest absolute Gasteiger partial charge is 0.497 e. The van der Waals surface area contributed by atoms with Crippen LogP contribution in [-0.2, 0) is 0 Å². The van der Waals surface area contributed by atoms with Crippen LogP contribution in [0.3, 0.4) is 0 Å². The van der Waals surface area contributed by atoms with E-state index in [-0.39, 0.29) is 11.9 Å². The van der Waals surface area contributed by atoms with Gasteiger partial charge in [0.1, 0.15) is 5.75 Å². The summed E-state index contributed by atoms with van der Waals surface area (Å²) in [7, 11) is 5.73. The fourth-order valence-electron chi connectivity index (χ4n) is 2.95. The Morgan fingerprint density at radius 3 is 2.56 bits per heavy atom. The smallest absolute Gasteiger partial charge is 0.261 e. The summed E-state index contributed by atoms with van der Waals surface area (Å²) in [5.74, 6) is 0.805. The first-order chi connectivity index (χ1) is 13.0. The van der Waals surface area contributed by atoms with E-state index in [9.17, 15) is 4.79 Å². The van der Waals surface area contributed by atoms with Gasteiger partial charge in [0.05, 0.1) is 18.0 Å². The molecule has 0 radical (unpaired) electrons. The molecule has 27 heavy (non-hydrogen) atoms. The minimum absolute atomic E-state index is 0.0220. The lowest BCUT2D eigenvalue weighted by atomic mass is 10.1. The molecule has 142 valence electrons. The number of aryl methyl sites for hydroxylation is 1. The third-order valence-corrected chi connectivity index (χ3v) is 6.52. The Kier molecular flexibility index (Phi) is 6.31. The van der Waals surface area contributed by atoms with Crippen molar-refractivity contribution in [1.29, 1.82) is 0 Å². The molecular weight excluding hydrogens is 376 g/mol. The molecule has 3 rings (SSSR count). The van der Waals surface area contributed by atoms with Crippen LogP contribution in [0.2, 0.25) is 0 Å². The number of carbonyl (C=O) groups is 1. The molecule has 1 aromatic carbocycles. The standard InChI is InChI=1S/C21H24N2O2S2/c1-14-17(15-7-9-16(25-4)10-8-15)12-20(27-14)21(24)22-13-18(23(2)3)19-6-5-11-26-19/h5-12,18H,13H2,1-4H3,(H,22,24). The van der Waals surface area contributed by atoms with E-state index in [1.54, 1.807) is 18.4 Å². The third-order valence-electron chi connectivity index (χ3n) is 4.49. The van der Waals surface area contributed by atoms with Gasteiger partial charge in [-0.3, -0.25) is 4.79 Å². The van der Waals surface area contributed by atoms with Crippen LogP contribution in [0.15, 0.2) is 47.8 Å². The van der Waals surface area contributed by atoms with E-state index in [4.69, 9.17) is 4.74 Å². The maximum absolute atomic E-state index is 12.7. The van der Waals surface area contributed by atoms with E-state index in [1.165, 1.54) is 16.2 Å². The first-order valence-corrected chi connectivity index (χ1v) is 10.4. The SMILES string of the molecule is COc1ccc(-c2cc(C(=O)NCC(c3cccs3)N(C)C)sc2C)cc1. The van der Waals surface area contributed by atoms with Crippen molar-refractivity contribution in [2.45, 2.75) is 13.0 Å². The molecule has 0 saturated carbocycles. The number of hydrogen-bond donors (Lipinski definition) is 1. The molecule has 0 spiro atoms. The van der Waals surface area contributed by atoms with E-state index in [1.807, 2.05) is 50.5 Å². The van der Waals surface area contributed by atoms with Crippen LogP contribution >= 0.6 is 22.7 Å². The second kappa shape index (κ2) is 8.69. The van der Waals surface area contributed by atoms with Crippen LogP contribution in [-0.4, -0.2) is 38.6 Å². The quantitative estimate of drug-likeness (QED) is 0.618. The predicted molar refractivity (Wildman–Crippen MR) is 114 cm³/mol. The third kappa shape index (κ3) is 4.58. The van der Waals surface area contributed by atoms with Gasteiger partial charge in [-0.15, -0.1) is 22.7 Å². The molecule has 2 aromatic heterocycles. The number of hydrogen-bond acceptors (Lipinski definition) is 5. The molecule has 6 heteroatoms. The van der Waals surface area contributed by atoms with Gasteiger partial charge in [-0.1, -0.05) is 18.2 Å². The van der Waals surface area contributed by atoms with E-state index in [0.717, 1.165) is 26.6 Å². The molecule has 0 aliphatic rings. The molecule has 3 aromatic rings. The molecule has 1 unspecified atom stereocenters. The van der Waals surface area contributed by atoms with Crippen molar-refractivity contribution in [3.63, 3.8) is 0 Å². The van der Waals surface area contributed by atoms with Gasteiger partial charge in [-0.05, 0) is 61.8 Å². The van der Waals surface area contributed by atoms with Crippen LogP contribution in [0.1, 0.15) is 25.5 Å². The molecule has 0 saturated heterocycles. The lowest BCUT2D eigenvalue weighted by Gasteiger charge is -2.23. The van der Waals surface area contributed by atoms with Crippen molar-refractivity contribution >= 4 is 28.6 Å². The van der Waals surface area contributed by atoms with Gasteiger partial charge >= 0.3 is 0 Å².